The van der Waals surface area contributed by atoms with E-state index in [4.69, 9.17) is 0 Å². The number of amides is 1. The van der Waals surface area contributed by atoms with Gasteiger partial charge in [0.2, 0.25) is 5.91 Å². The Balaban J connectivity index is 1.29. The zero-order valence-corrected chi connectivity index (χ0v) is 15.0. The molecule has 1 amide bonds. The second kappa shape index (κ2) is 5.28. The molecular formula is C19H26N2O2S. The highest BCUT2D eigenvalue weighted by molar-refractivity contribution is 7.15. The number of anilines is 1. The third kappa shape index (κ3) is 2.60. The minimum atomic E-state index is -0.482. The zero-order valence-electron chi connectivity index (χ0n) is 14.1. The fraction of sp³-hybridized carbons (Fsp3) is 0.789. The fourth-order valence-corrected chi connectivity index (χ4v) is 7.58. The number of fused-ring (bicyclic) bond motifs is 1. The fourth-order valence-electron chi connectivity index (χ4n) is 6.52. The summed E-state index contributed by atoms with van der Waals surface area (Å²) in [5, 5.41) is 14.7. The molecular weight excluding hydrogens is 320 g/mol. The maximum atomic E-state index is 12.7. The molecule has 5 aliphatic carbocycles. The largest absolute Gasteiger partial charge is 0.390 e. The number of nitrogens with zero attached hydrogens (tertiary/aromatic N) is 1. The molecule has 4 bridgehead atoms. The summed E-state index contributed by atoms with van der Waals surface area (Å²) < 4.78 is 0. The predicted octanol–water partition coefficient (Wildman–Crippen LogP) is 3.68. The van der Waals surface area contributed by atoms with Crippen LogP contribution >= 0.6 is 11.3 Å². The number of hydrogen-bond donors (Lipinski definition) is 2. The van der Waals surface area contributed by atoms with Crippen LogP contribution in [0, 0.1) is 17.3 Å². The summed E-state index contributed by atoms with van der Waals surface area (Å²) in [5.41, 5.74) is 0.760. The van der Waals surface area contributed by atoms with Crippen molar-refractivity contribution >= 4 is 22.4 Å². The Morgan fingerprint density at radius 1 is 1.21 bits per heavy atom. The normalized spacial score (nSPS) is 39.7. The lowest BCUT2D eigenvalue weighted by atomic mass is 9.47. The van der Waals surface area contributed by atoms with E-state index in [-0.39, 0.29) is 11.3 Å². The molecule has 1 heterocycles. The Hall–Kier alpha value is -0.940. The lowest BCUT2D eigenvalue weighted by Crippen LogP contribution is -2.56. The summed E-state index contributed by atoms with van der Waals surface area (Å²) >= 11 is 1.66. The number of nitrogens with one attached hydrogen (secondary N) is 1. The molecule has 0 saturated heterocycles. The van der Waals surface area contributed by atoms with E-state index in [1.165, 1.54) is 29.8 Å². The van der Waals surface area contributed by atoms with Crippen molar-refractivity contribution in [1.82, 2.24) is 4.98 Å². The van der Waals surface area contributed by atoms with E-state index < -0.39 is 5.60 Å². The number of thiazole rings is 1. The van der Waals surface area contributed by atoms with Gasteiger partial charge in [0, 0.05) is 11.3 Å². The van der Waals surface area contributed by atoms with Gasteiger partial charge in [-0.1, -0.05) is 0 Å². The highest BCUT2D eigenvalue weighted by atomic mass is 32.1. The second-order valence-electron chi connectivity index (χ2n) is 9.01. The van der Waals surface area contributed by atoms with Gasteiger partial charge < -0.3 is 10.4 Å². The van der Waals surface area contributed by atoms with Gasteiger partial charge in [-0.05, 0) is 81.5 Å². The van der Waals surface area contributed by atoms with Crippen LogP contribution in [0.25, 0.3) is 0 Å². The molecule has 1 aromatic rings. The van der Waals surface area contributed by atoms with E-state index in [0.29, 0.717) is 18.3 Å². The van der Waals surface area contributed by atoms with Crippen LogP contribution < -0.4 is 5.32 Å². The van der Waals surface area contributed by atoms with E-state index in [2.05, 4.69) is 10.3 Å². The summed E-state index contributed by atoms with van der Waals surface area (Å²) in [6.07, 6.45) is 11.5. The first-order valence-electron chi connectivity index (χ1n) is 9.52. The van der Waals surface area contributed by atoms with E-state index in [1.807, 2.05) is 0 Å². The van der Waals surface area contributed by atoms with Crippen molar-refractivity contribution in [3.8, 4) is 0 Å². The van der Waals surface area contributed by atoms with Crippen molar-refractivity contribution in [3.05, 3.63) is 10.6 Å². The van der Waals surface area contributed by atoms with Crippen LogP contribution in [-0.4, -0.2) is 21.6 Å². The van der Waals surface area contributed by atoms with E-state index >= 15 is 0 Å². The molecule has 4 saturated carbocycles. The van der Waals surface area contributed by atoms with E-state index in [0.717, 1.165) is 50.1 Å². The molecule has 130 valence electrons. The highest BCUT2D eigenvalue weighted by Gasteiger charge is 2.57. The van der Waals surface area contributed by atoms with Gasteiger partial charge in [0.15, 0.2) is 5.13 Å². The first-order valence-corrected chi connectivity index (χ1v) is 10.3. The Morgan fingerprint density at radius 3 is 2.67 bits per heavy atom. The van der Waals surface area contributed by atoms with Crippen molar-refractivity contribution in [2.75, 3.05) is 5.32 Å². The van der Waals surface area contributed by atoms with E-state index in [9.17, 15) is 9.90 Å². The third-order valence-electron chi connectivity index (χ3n) is 6.78. The van der Waals surface area contributed by atoms with Gasteiger partial charge >= 0.3 is 0 Å². The minimum Gasteiger partial charge on any atom is -0.390 e. The quantitative estimate of drug-likeness (QED) is 0.877. The number of rotatable bonds is 3. The van der Waals surface area contributed by atoms with Crippen molar-refractivity contribution in [2.24, 2.45) is 17.3 Å². The number of carbonyl (C=O) groups excluding carboxylic acids is 1. The van der Waals surface area contributed by atoms with Gasteiger partial charge in [0.1, 0.15) is 0 Å². The van der Waals surface area contributed by atoms with Crippen LogP contribution in [0.3, 0.4) is 0 Å². The molecule has 24 heavy (non-hydrogen) atoms. The zero-order chi connectivity index (χ0) is 16.4. The van der Waals surface area contributed by atoms with Crippen LogP contribution in [0.4, 0.5) is 5.13 Å². The molecule has 4 fully saturated rings. The number of aryl methyl sites for hydroxylation is 2. The van der Waals surface area contributed by atoms with E-state index in [1.54, 1.807) is 11.3 Å². The average molecular weight is 346 g/mol. The molecule has 0 spiro atoms. The topological polar surface area (TPSA) is 62.2 Å². The van der Waals surface area contributed by atoms with Crippen LogP contribution in [0.1, 0.15) is 68.4 Å². The standard InChI is InChI=1S/C19H26N2O2S/c22-16(21-17-20-14-3-1-2-4-15(14)24-17)10-18-6-12-5-13(7-18)9-19(23,8-12)11-18/h12-13,23H,1-11H2,(H,20,21,22). The molecule has 0 radical (unpaired) electrons. The average Bonchev–Trinajstić information content (AvgIpc) is 2.85. The molecule has 0 aliphatic heterocycles. The molecule has 2 unspecified atom stereocenters. The summed E-state index contributed by atoms with van der Waals surface area (Å²) in [5.74, 6) is 1.37. The van der Waals surface area contributed by atoms with Gasteiger partial charge in [0.25, 0.3) is 0 Å². The molecule has 0 aromatic carbocycles. The molecule has 2 atom stereocenters. The summed E-state index contributed by atoms with van der Waals surface area (Å²) in [7, 11) is 0. The van der Waals surface area contributed by atoms with Crippen molar-refractivity contribution < 1.29 is 9.90 Å². The molecule has 5 aliphatic rings. The Bertz CT molecular complexity index is 645. The maximum absolute atomic E-state index is 12.7. The number of aliphatic hydroxyl groups is 1. The van der Waals surface area contributed by atoms with Gasteiger partial charge in [-0.3, -0.25) is 4.79 Å². The summed E-state index contributed by atoms with van der Waals surface area (Å²) in [6.45, 7) is 0. The molecule has 1 aromatic heterocycles. The van der Waals surface area contributed by atoms with Crippen molar-refractivity contribution in [3.63, 3.8) is 0 Å². The van der Waals surface area contributed by atoms with Gasteiger partial charge in [-0.2, -0.15) is 0 Å². The monoisotopic (exact) mass is 346 g/mol. The van der Waals surface area contributed by atoms with Crippen LogP contribution in [0.15, 0.2) is 0 Å². The first-order chi connectivity index (χ1) is 11.5. The lowest BCUT2D eigenvalue weighted by molar-refractivity contribution is -0.167. The van der Waals surface area contributed by atoms with Crippen LogP contribution in [0.5, 0.6) is 0 Å². The van der Waals surface area contributed by atoms with Crippen molar-refractivity contribution in [2.45, 2.75) is 76.2 Å². The molecule has 6 rings (SSSR count). The Morgan fingerprint density at radius 2 is 1.96 bits per heavy atom. The number of carbonyl (C=O) groups is 1. The van der Waals surface area contributed by atoms with Crippen LogP contribution in [-0.2, 0) is 17.6 Å². The molecule has 5 heteroatoms. The summed E-state index contributed by atoms with van der Waals surface area (Å²) in [4.78, 5) is 18.7. The maximum Gasteiger partial charge on any atom is 0.226 e. The number of hydrogen-bond acceptors (Lipinski definition) is 4. The van der Waals surface area contributed by atoms with Gasteiger partial charge in [-0.25, -0.2) is 4.98 Å². The van der Waals surface area contributed by atoms with Gasteiger partial charge in [0.05, 0.1) is 11.3 Å². The lowest BCUT2D eigenvalue weighted by Gasteiger charge is -2.60. The SMILES string of the molecule is O=C(CC12CC3CC(CC(O)(C3)C1)C2)Nc1nc2c(s1)CCCC2. The predicted molar refractivity (Wildman–Crippen MR) is 94.1 cm³/mol. The minimum absolute atomic E-state index is 0.0415. The Kier molecular flexibility index (Phi) is 3.37. The highest BCUT2D eigenvalue weighted by Crippen LogP contribution is 2.62. The molecule has 2 N–H and O–H groups in total. The van der Waals surface area contributed by atoms with Crippen molar-refractivity contribution in [1.29, 1.82) is 0 Å². The summed E-state index contributed by atoms with van der Waals surface area (Å²) in [6, 6.07) is 0. The molecule has 4 nitrogen and oxygen atoms in total. The van der Waals surface area contributed by atoms with Gasteiger partial charge in [-0.15, -0.1) is 11.3 Å². The second-order valence-corrected chi connectivity index (χ2v) is 10.1. The first kappa shape index (κ1) is 15.3. The smallest absolute Gasteiger partial charge is 0.226 e. The van der Waals surface area contributed by atoms with Crippen LogP contribution in [0.2, 0.25) is 0 Å². The Labute approximate surface area is 147 Å². The number of aromatic nitrogens is 1. The third-order valence-corrected chi connectivity index (χ3v) is 7.85.